The maximum absolute atomic E-state index is 12.0. The van der Waals surface area contributed by atoms with Gasteiger partial charge in [0.25, 0.3) is 0 Å². The molecule has 0 aromatic heterocycles. The van der Waals surface area contributed by atoms with E-state index >= 15 is 0 Å². The third kappa shape index (κ3) is 3.13. The Morgan fingerprint density at radius 1 is 1.44 bits per heavy atom. The van der Waals surface area contributed by atoms with E-state index in [1.807, 2.05) is 37.3 Å². The molecule has 1 aliphatic rings. The van der Waals surface area contributed by atoms with Gasteiger partial charge in [-0.3, -0.25) is 0 Å². The van der Waals surface area contributed by atoms with Crippen LogP contribution in [0.25, 0.3) is 0 Å². The third-order valence-electron chi connectivity index (χ3n) is 3.26. The number of piperidine rings is 1. The van der Waals surface area contributed by atoms with Gasteiger partial charge in [-0.05, 0) is 25.3 Å². The van der Waals surface area contributed by atoms with E-state index in [-0.39, 0.29) is 12.1 Å². The van der Waals surface area contributed by atoms with Crippen molar-refractivity contribution in [3.63, 3.8) is 0 Å². The minimum atomic E-state index is -0.223. The minimum Gasteiger partial charge on any atom is -0.445 e. The smallest absolute Gasteiger partial charge is 0.410 e. The van der Waals surface area contributed by atoms with E-state index in [2.05, 4.69) is 6.58 Å². The number of hydrogen-bond acceptors (Lipinski definition) is 2. The average Bonchev–Trinajstić information content (AvgIpc) is 2.37. The summed E-state index contributed by atoms with van der Waals surface area (Å²) in [6, 6.07) is 9.93. The maximum Gasteiger partial charge on any atom is 0.410 e. The van der Waals surface area contributed by atoms with E-state index in [9.17, 15) is 4.79 Å². The second kappa shape index (κ2) is 5.71. The van der Waals surface area contributed by atoms with Crippen LogP contribution in [-0.4, -0.2) is 23.6 Å². The highest BCUT2D eigenvalue weighted by molar-refractivity contribution is 5.68. The van der Waals surface area contributed by atoms with Gasteiger partial charge in [0.05, 0.1) is 0 Å². The van der Waals surface area contributed by atoms with Crippen LogP contribution in [0.4, 0.5) is 4.79 Å². The summed E-state index contributed by atoms with van der Waals surface area (Å²) >= 11 is 0. The van der Waals surface area contributed by atoms with Crippen LogP contribution >= 0.6 is 0 Å². The molecule has 0 N–H and O–H groups in total. The van der Waals surface area contributed by atoms with Crippen molar-refractivity contribution in [2.24, 2.45) is 0 Å². The fourth-order valence-corrected chi connectivity index (χ4v) is 2.20. The summed E-state index contributed by atoms with van der Waals surface area (Å²) in [5.74, 6) is 0. The number of hydrogen-bond donors (Lipinski definition) is 0. The summed E-state index contributed by atoms with van der Waals surface area (Å²) < 4.78 is 5.33. The lowest BCUT2D eigenvalue weighted by Gasteiger charge is -2.33. The van der Waals surface area contributed by atoms with Gasteiger partial charge in [0.1, 0.15) is 6.61 Å². The lowest BCUT2D eigenvalue weighted by molar-refractivity contribution is 0.0785. The Balaban J connectivity index is 1.86. The summed E-state index contributed by atoms with van der Waals surface area (Å²) in [7, 11) is 0. The summed E-state index contributed by atoms with van der Waals surface area (Å²) in [4.78, 5) is 13.8. The van der Waals surface area contributed by atoms with Gasteiger partial charge >= 0.3 is 6.09 Å². The number of carbonyl (C=O) groups excluding carboxylic acids is 1. The molecular formula is C15H19NO2. The van der Waals surface area contributed by atoms with Crippen molar-refractivity contribution in [3.8, 4) is 0 Å². The SMILES string of the molecule is C=C1CCN(C(=O)OCc2ccccc2)[C@H](C)C1. The Kier molecular flexibility index (Phi) is 4.03. The quantitative estimate of drug-likeness (QED) is 0.748. The monoisotopic (exact) mass is 245 g/mol. The Hall–Kier alpha value is -1.77. The van der Waals surface area contributed by atoms with Gasteiger partial charge in [-0.1, -0.05) is 42.5 Å². The van der Waals surface area contributed by atoms with Crippen LogP contribution in [-0.2, 0) is 11.3 Å². The molecule has 1 atom stereocenters. The number of likely N-dealkylation sites (tertiary alicyclic amines) is 1. The number of ether oxygens (including phenoxy) is 1. The van der Waals surface area contributed by atoms with Gasteiger partial charge in [-0.25, -0.2) is 4.79 Å². The Morgan fingerprint density at radius 2 is 2.17 bits per heavy atom. The van der Waals surface area contributed by atoms with Crippen molar-refractivity contribution in [2.45, 2.75) is 32.4 Å². The minimum absolute atomic E-state index is 0.189. The molecule has 3 nitrogen and oxygen atoms in total. The molecule has 0 aliphatic carbocycles. The zero-order chi connectivity index (χ0) is 13.0. The molecule has 1 aromatic rings. The van der Waals surface area contributed by atoms with Crippen molar-refractivity contribution in [2.75, 3.05) is 6.54 Å². The molecule has 1 aromatic carbocycles. The third-order valence-corrected chi connectivity index (χ3v) is 3.26. The van der Waals surface area contributed by atoms with E-state index in [0.717, 1.165) is 18.4 Å². The maximum atomic E-state index is 12.0. The Labute approximate surface area is 108 Å². The van der Waals surface area contributed by atoms with Crippen LogP contribution in [0, 0.1) is 0 Å². The fraction of sp³-hybridized carbons (Fsp3) is 0.400. The van der Waals surface area contributed by atoms with Gasteiger partial charge in [-0.2, -0.15) is 0 Å². The molecule has 1 aliphatic heterocycles. The van der Waals surface area contributed by atoms with Crippen LogP contribution in [0.5, 0.6) is 0 Å². The first kappa shape index (κ1) is 12.7. The molecule has 1 amide bonds. The first-order valence-corrected chi connectivity index (χ1v) is 6.31. The molecule has 1 heterocycles. The van der Waals surface area contributed by atoms with Crippen LogP contribution in [0.1, 0.15) is 25.3 Å². The highest BCUT2D eigenvalue weighted by Gasteiger charge is 2.25. The summed E-state index contributed by atoms with van der Waals surface area (Å²) in [5.41, 5.74) is 2.23. The fourth-order valence-electron chi connectivity index (χ4n) is 2.20. The second-order valence-electron chi connectivity index (χ2n) is 4.79. The molecule has 2 rings (SSSR count). The first-order valence-electron chi connectivity index (χ1n) is 6.31. The van der Waals surface area contributed by atoms with Gasteiger partial charge < -0.3 is 9.64 Å². The second-order valence-corrected chi connectivity index (χ2v) is 4.79. The van der Waals surface area contributed by atoms with Crippen LogP contribution in [0.3, 0.4) is 0 Å². The van der Waals surface area contributed by atoms with E-state index in [4.69, 9.17) is 4.74 Å². The van der Waals surface area contributed by atoms with Gasteiger partial charge in [-0.15, -0.1) is 0 Å². The molecule has 0 bridgehead atoms. The molecule has 0 radical (unpaired) electrons. The molecule has 0 saturated carbocycles. The number of carbonyl (C=O) groups is 1. The van der Waals surface area contributed by atoms with Gasteiger partial charge in [0, 0.05) is 12.6 Å². The summed E-state index contributed by atoms with van der Waals surface area (Å²) in [5, 5.41) is 0. The van der Waals surface area contributed by atoms with Crippen molar-refractivity contribution < 1.29 is 9.53 Å². The molecule has 3 heteroatoms. The molecule has 18 heavy (non-hydrogen) atoms. The Bertz CT molecular complexity index is 427. The van der Waals surface area contributed by atoms with Crippen molar-refractivity contribution in [1.82, 2.24) is 4.90 Å². The number of benzene rings is 1. The number of amides is 1. The van der Waals surface area contributed by atoms with E-state index in [1.54, 1.807) is 4.90 Å². The first-order chi connectivity index (χ1) is 8.66. The highest BCUT2D eigenvalue weighted by Crippen LogP contribution is 2.21. The van der Waals surface area contributed by atoms with Crippen LogP contribution < -0.4 is 0 Å². The molecule has 0 unspecified atom stereocenters. The summed E-state index contributed by atoms with van der Waals surface area (Å²) in [6.07, 6.45) is 1.53. The predicted molar refractivity (Wildman–Crippen MR) is 71.2 cm³/mol. The zero-order valence-corrected chi connectivity index (χ0v) is 10.8. The Morgan fingerprint density at radius 3 is 2.83 bits per heavy atom. The largest absolute Gasteiger partial charge is 0.445 e. The van der Waals surface area contributed by atoms with Crippen molar-refractivity contribution >= 4 is 6.09 Å². The molecule has 1 saturated heterocycles. The van der Waals surface area contributed by atoms with Gasteiger partial charge in [0.15, 0.2) is 0 Å². The van der Waals surface area contributed by atoms with Crippen molar-refractivity contribution in [3.05, 3.63) is 48.0 Å². The predicted octanol–water partition coefficient (Wildman–Crippen LogP) is 3.36. The molecule has 96 valence electrons. The zero-order valence-electron chi connectivity index (χ0n) is 10.8. The number of rotatable bonds is 2. The lowest BCUT2D eigenvalue weighted by atomic mass is 10.00. The normalized spacial score (nSPS) is 19.7. The molecular weight excluding hydrogens is 226 g/mol. The average molecular weight is 245 g/mol. The standard InChI is InChI=1S/C15H19NO2/c1-12-8-9-16(13(2)10-12)15(17)18-11-14-6-4-3-5-7-14/h3-7,13H,1,8-11H2,2H3/t13-/m1/s1. The lowest BCUT2D eigenvalue weighted by Crippen LogP contribution is -2.42. The van der Waals surface area contributed by atoms with Gasteiger partial charge in [0.2, 0.25) is 0 Å². The molecule has 1 fully saturated rings. The van der Waals surface area contributed by atoms with Crippen molar-refractivity contribution in [1.29, 1.82) is 0 Å². The molecule has 0 spiro atoms. The topological polar surface area (TPSA) is 29.5 Å². The highest BCUT2D eigenvalue weighted by atomic mass is 16.6. The van der Waals surface area contributed by atoms with Crippen LogP contribution in [0.15, 0.2) is 42.5 Å². The van der Waals surface area contributed by atoms with E-state index in [0.29, 0.717) is 13.2 Å². The van der Waals surface area contributed by atoms with E-state index in [1.165, 1.54) is 5.57 Å². The number of nitrogens with zero attached hydrogens (tertiary/aromatic N) is 1. The van der Waals surface area contributed by atoms with E-state index < -0.39 is 0 Å². The van der Waals surface area contributed by atoms with Crippen LogP contribution in [0.2, 0.25) is 0 Å². The summed E-state index contributed by atoms with van der Waals surface area (Å²) in [6.45, 7) is 7.06.